The van der Waals surface area contributed by atoms with E-state index < -0.39 is 23.8 Å². The molecule has 154 valence electrons. The van der Waals surface area contributed by atoms with Gasteiger partial charge in [0.15, 0.2) is 0 Å². The standard InChI is InChI=1S/C16H15BrF3N7O2/c1-7-10(8(2)27-15(22-7)23-14(26-27)16(18,19)20)3-4-12(28)24-25-13(29)11-5-9(17)6-21-11/h5-6,21H,3-4H2,1-2H3,(H,24,28)(H,25,29). The number of amides is 2. The van der Waals surface area contributed by atoms with E-state index in [0.29, 0.717) is 21.4 Å². The molecule has 0 aromatic carbocycles. The lowest BCUT2D eigenvalue weighted by Gasteiger charge is -2.11. The summed E-state index contributed by atoms with van der Waals surface area (Å²) in [5.74, 6) is -2.44. The number of H-pyrrole nitrogens is 1. The SMILES string of the molecule is Cc1nc2nc(C(F)(F)F)nn2c(C)c1CCC(=O)NNC(=O)c1cc(Br)c[nH]1. The summed E-state index contributed by atoms with van der Waals surface area (Å²) in [5.41, 5.74) is 6.24. The highest BCUT2D eigenvalue weighted by molar-refractivity contribution is 9.10. The van der Waals surface area contributed by atoms with Gasteiger partial charge in [-0.05, 0) is 47.8 Å². The second kappa shape index (κ2) is 7.81. The third-order valence-corrected chi connectivity index (χ3v) is 4.57. The summed E-state index contributed by atoms with van der Waals surface area (Å²) in [5, 5.41) is 3.46. The molecule has 0 saturated carbocycles. The van der Waals surface area contributed by atoms with Crippen LogP contribution in [-0.4, -0.2) is 36.4 Å². The quantitative estimate of drug-likeness (QED) is 0.502. The molecule has 0 radical (unpaired) electrons. The molecule has 0 aliphatic rings. The molecule has 0 unspecified atom stereocenters. The number of hydrogen-bond acceptors (Lipinski definition) is 5. The smallest absolute Gasteiger partial charge is 0.356 e. The lowest BCUT2D eigenvalue weighted by molar-refractivity contribution is -0.144. The third kappa shape index (κ3) is 4.55. The van der Waals surface area contributed by atoms with Gasteiger partial charge in [-0.1, -0.05) is 0 Å². The first-order valence-corrected chi connectivity index (χ1v) is 9.08. The highest BCUT2D eigenvalue weighted by Crippen LogP contribution is 2.27. The molecule has 0 fully saturated rings. The minimum atomic E-state index is -4.68. The summed E-state index contributed by atoms with van der Waals surface area (Å²) < 4.78 is 40.2. The van der Waals surface area contributed by atoms with Gasteiger partial charge in [-0.2, -0.15) is 18.2 Å². The Kier molecular flexibility index (Phi) is 5.59. The van der Waals surface area contributed by atoms with Crippen LogP contribution in [0.4, 0.5) is 13.2 Å². The molecule has 9 nitrogen and oxygen atoms in total. The Morgan fingerprint density at radius 2 is 1.97 bits per heavy atom. The van der Waals surface area contributed by atoms with E-state index in [2.05, 4.69) is 46.8 Å². The van der Waals surface area contributed by atoms with Gasteiger partial charge in [-0.25, -0.2) is 9.50 Å². The first-order chi connectivity index (χ1) is 13.6. The molecule has 3 aromatic heterocycles. The molecule has 3 heterocycles. The van der Waals surface area contributed by atoms with E-state index in [1.165, 1.54) is 0 Å². The van der Waals surface area contributed by atoms with Crippen LogP contribution >= 0.6 is 15.9 Å². The molecule has 0 spiro atoms. The fourth-order valence-electron chi connectivity index (χ4n) is 2.68. The van der Waals surface area contributed by atoms with Crippen LogP contribution < -0.4 is 10.9 Å². The molecule has 3 aromatic rings. The first kappa shape index (κ1) is 20.8. The largest absolute Gasteiger partial charge is 0.453 e. The number of aromatic nitrogens is 5. The van der Waals surface area contributed by atoms with Crippen molar-refractivity contribution in [3.63, 3.8) is 0 Å². The highest BCUT2D eigenvalue weighted by Gasteiger charge is 2.36. The zero-order valence-corrected chi connectivity index (χ0v) is 16.8. The third-order valence-electron chi connectivity index (χ3n) is 4.11. The Balaban J connectivity index is 1.66. The average molecular weight is 474 g/mol. The van der Waals surface area contributed by atoms with E-state index in [1.54, 1.807) is 26.1 Å². The number of aromatic amines is 1. The minimum absolute atomic E-state index is 0.0234. The molecule has 3 N–H and O–H groups in total. The van der Waals surface area contributed by atoms with Crippen LogP contribution in [0.25, 0.3) is 5.78 Å². The summed E-state index contributed by atoms with van der Waals surface area (Å²) in [4.78, 5) is 34.1. The first-order valence-electron chi connectivity index (χ1n) is 8.29. The lowest BCUT2D eigenvalue weighted by atomic mass is 10.1. The topological polar surface area (TPSA) is 117 Å². The van der Waals surface area contributed by atoms with Crippen molar-refractivity contribution in [1.82, 2.24) is 35.4 Å². The van der Waals surface area contributed by atoms with Crippen molar-refractivity contribution in [1.29, 1.82) is 0 Å². The molecule has 0 aliphatic heterocycles. The van der Waals surface area contributed by atoms with Crippen LogP contribution in [0, 0.1) is 13.8 Å². The van der Waals surface area contributed by atoms with E-state index in [4.69, 9.17) is 0 Å². The highest BCUT2D eigenvalue weighted by atomic mass is 79.9. The van der Waals surface area contributed by atoms with Gasteiger partial charge in [0.05, 0.1) is 0 Å². The van der Waals surface area contributed by atoms with Crippen molar-refractivity contribution in [2.24, 2.45) is 0 Å². The predicted molar refractivity (Wildman–Crippen MR) is 97.7 cm³/mol. The molecule has 0 bridgehead atoms. The molecule has 0 aliphatic carbocycles. The maximum Gasteiger partial charge on any atom is 0.453 e. The van der Waals surface area contributed by atoms with E-state index in [9.17, 15) is 22.8 Å². The van der Waals surface area contributed by atoms with Crippen molar-refractivity contribution in [3.8, 4) is 0 Å². The van der Waals surface area contributed by atoms with Crippen molar-refractivity contribution in [3.05, 3.63) is 45.2 Å². The number of halogens is 4. The normalized spacial score (nSPS) is 11.7. The Bertz CT molecular complexity index is 1090. The van der Waals surface area contributed by atoms with Gasteiger partial charge >= 0.3 is 6.18 Å². The summed E-state index contributed by atoms with van der Waals surface area (Å²) in [6.07, 6.45) is -2.94. The van der Waals surface area contributed by atoms with Gasteiger partial charge in [0.25, 0.3) is 17.5 Å². The van der Waals surface area contributed by atoms with Crippen LogP contribution in [0.5, 0.6) is 0 Å². The van der Waals surface area contributed by atoms with Gasteiger partial charge in [-0.15, -0.1) is 5.10 Å². The van der Waals surface area contributed by atoms with E-state index in [1.807, 2.05) is 0 Å². The average Bonchev–Trinajstić information content (AvgIpc) is 3.25. The summed E-state index contributed by atoms with van der Waals surface area (Å²) in [7, 11) is 0. The number of hydrogen-bond donors (Lipinski definition) is 3. The lowest BCUT2D eigenvalue weighted by Crippen LogP contribution is -2.41. The van der Waals surface area contributed by atoms with Crippen LogP contribution in [0.3, 0.4) is 0 Å². The van der Waals surface area contributed by atoms with Crippen molar-refractivity contribution in [2.45, 2.75) is 32.9 Å². The van der Waals surface area contributed by atoms with Gasteiger partial charge in [0.2, 0.25) is 5.91 Å². The molecule has 29 heavy (non-hydrogen) atoms. The van der Waals surface area contributed by atoms with Gasteiger partial charge < -0.3 is 4.98 Å². The second-order valence-corrected chi connectivity index (χ2v) is 7.06. The Labute approximate surface area is 170 Å². The molecule has 3 rings (SSSR count). The molecule has 0 atom stereocenters. The summed E-state index contributed by atoms with van der Waals surface area (Å²) in [6, 6.07) is 1.54. The summed E-state index contributed by atoms with van der Waals surface area (Å²) in [6.45, 7) is 3.20. The summed E-state index contributed by atoms with van der Waals surface area (Å²) >= 11 is 3.20. The Morgan fingerprint density at radius 1 is 1.24 bits per heavy atom. The molecule has 0 saturated heterocycles. The van der Waals surface area contributed by atoms with E-state index >= 15 is 0 Å². The van der Waals surface area contributed by atoms with E-state index in [0.717, 1.165) is 4.52 Å². The molecule has 13 heteroatoms. The monoisotopic (exact) mass is 473 g/mol. The number of nitrogens with zero attached hydrogens (tertiary/aromatic N) is 4. The molecular weight excluding hydrogens is 459 g/mol. The second-order valence-electron chi connectivity index (χ2n) is 6.14. The predicted octanol–water partition coefficient (Wildman–Crippen LogP) is 2.24. The number of aryl methyl sites for hydroxylation is 2. The van der Waals surface area contributed by atoms with Crippen molar-refractivity contribution in [2.75, 3.05) is 0 Å². The minimum Gasteiger partial charge on any atom is -0.356 e. The number of nitrogens with one attached hydrogen (secondary N) is 3. The number of fused-ring (bicyclic) bond motifs is 1. The van der Waals surface area contributed by atoms with Crippen molar-refractivity contribution >= 4 is 33.5 Å². The number of hydrazine groups is 1. The van der Waals surface area contributed by atoms with Crippen LogP contribution in [-0.2, 0) is 17.4 Å². The van der Waals surface area contributed by atoms with Crippen LogP contribution in [0.15, 0.2) is 16.7 Å². The fourth-order valence-corrected chi connectivity index (χ4v) is 3.03. The number of rotatable bonds is 4. The number of alkyl halides is 3. The molecular formula is C16H15BrF3N7O2. The maximum absolute atomic E-state index is 12.8. The van der Waals surface area contributed by atoms with Crippen LogP contribution in [0.2, 0.25) is 0 Å². The fraction of sp³-hybridized carbons (Fsp3) is 0.312. The van der Waals surface area contributed by atoms with Gasteiger partial charge in [-0.3, -0.25) is 20.4 Å². The van der Waals surface area contributed by atoms with Gasteiger partial charge in [0.1, 0.15) is 5.69 Å². The van der Waals surface area contributed by atoms with Crippen molar-refractivity contribution < 1.29 is 22.8 Å². The Hall–Kier alpha value is -2.96. The van der Waals surface area contributed by atoms with Crippen LogP contribution in [0.1, 0.15) is 39.7 Å². The Morgan fingerprint density at radius 3 is 2.59 bits per heavy atom. The maximum atomic E-state index is 12.8. The zero-order chi connectivity index (χ0) is 21.3. The van der Waals surface area contributed by atoms with E-state index in [-0.39, 0.29) is 24.3 Å². The molecule has 2 amide bonds. The zero-order valence-electron chi connectivity index (χ0n) is 15.2. The van der Waals surface area contributed by atoms with Gasteiger partial charge in [0, 0.05) is 28.5 Å². The number of carbonyl (C=O) groups is 2. The number of carbonyl (C=O) groups excluding carboxylic acids is 2.